The van der Waals surface area contributed by atoms with Crippen molar-refractivity contribution in [2.24, 2.45) is 5.41 Å². The van der Waals surface area contributed by atoms with Crippen LogP contribution in [0.4, 0.5) is 0 Å². The first-order chi connectivity index (χ1) is 8.59. The van der Waals surface area contributed by atoms with Crippen LogP contribution in [0, 0.1) is 5.41 Å². The largest absolute Gasteiger partial charge is 0.349 e. The molecule has 2 heterocycles. The average Bonchev–Trinajstić information content (AvgIpc) is 2.38. The standard InChI is InChI=1S/C13H20N4O/c1-13(2)4-3-5-16-11(13)9-17-12(18)10-8-14-6-7-15-10/h6-8,11,16H,3-5,9H2,1-2H3,(H,17,18). The molecule has 1 fully saturated rings. The molecule has 1 amide bonds. The molecule has 5 nitrogen and oxygen atoms in total. The van der Waals surface area contributed by atoms with Gasteiger partial charge in [0, 0.05) is 25.0 Å². The normalized spacial score (nSPS) is 22.4. The van der Waals surface area contributed by atoms with Crippen LogP contribution in [0.25, 0.3) is 0 Å². The first kappa shape index (κ1) is 13.0. The highest BCUT2D eigenvalue weighted by Crippen LogP contribution is 2.29. The summed E-state index contributed by atoms with van der Waals surface area (Å²) in [6, 6.07) is 0.312. The van der Waals surface area contributed by atoms with E-state index in [4.69, 9.17) is 0 Å². The quantitative estimate of drug-likeness (QED) is 0.837. The zero-order valence-electron chi connectivity index (χ0n) is 10.9. The van der Waals surface area contributed by atoms with Gasteiger partial charge in [0.25, 0.3) is 5.91 Å². The monoisotopic (exact) mass is 248 g/mol. The number of rotatable bonds is 3. The van der Waals surface area contributed by atoms with Crippen LogP contribution in [-0.2, 0) is 0 Å². The summed E-state index contributed by atoms with van der Waals surface area (Å²) >= 11 is 0. The van der Waals surface area contributed by atoms with Crippen LogP contribution in [0.1, 0.15) is 37.2 Å². The Morgan fingerprint density at radius 3 is 3.06 bits per heavy atom. The van der Waals surface area contributed by atoms with Crippen molar-refractivity contribution < 1.29 is 4.79 Å². The molecule has 1 aromatic rings. The topological polar surface area (TPSA) is 66.9 Å². The van der Waals surface area contributed by atoms with Crippen LogP contribution in [-0.4, -0.2) is 35.0 Å². The molecule has 2 N–H and O–H groups in total. The zero-order valence-corrected chi connectivity index (χ0v) is 10.9. The predicted octanol–water partition coefficient (Wildman–Crippen LogP) is 0.985. The van der Waals surface area contributed by atoms with E-state index in [2.05, 4.69) is 34.4 Å². The van der Waals surface area contributed by atoms with E-state index in [1.165, 1.54) is 25.2 Å². The number of nitrogens with zero attached hydrogens (tertiary/aromatic N) is 2. The minimum absolute atomic E-state index is 0.161. The smallest absolute Gasteiger partial charge is 0.271 e. The van der Waals surface area contributed by atoms with E-state index >= 15 is 0 Å². The van der Waals surface area contributed by atoms with E-state index < -0.39 is 0 Å². The van der Waals surface area contributed by atoms with Crippen LogP contribution in [0.3, 0.4) is 0 Å². The molecule has 1 aliphatic heterocycles. The van der Waals surface area contributed by atoms with Crippen molar-refractivity contribution in [1.82, 2.24) is 20.6 Å². The Balaban J connectivity index is 1.90. The lowest BCUT2D eigenvalue weighted by molar-refractivity contribution is 0.0923. The molecule has 0 saturated carbocycles. The Kier molecular flexibility index (Phi) is 3.91. The SMILES string of the molecule is CC1(C)CCCNC1CNC(=O)c1cnccn1. The van der Waals surface area contributed by atoms with Crippen molar-refractivity contribution in [1.29, 1.82) is 0 Å². The average molecular weight is 248 g/mol. The van der Waals surface area contributed by atoms with Gasteiger partial charge in [-0.2, -0.15) is 0 Å². The van der Waals surface area contributed by atoms with Gasteiger partial charge in [0.2, 0.25) is 0 Å². The maximum Gasteiger partial charge on any atom is 0.271 e. The molecular formula is C13H20N4O. The second-order valence-electron chi connectivity index (χ2n) is 5.40. The first-order valence-electron chi connectivity index (χ1n) is 6.37. The van der Waals surface area contributed by atoms with Gasteiger partial charge in [-0.25, -0.2) is 4.98 Å². The third-order valence-corrected chi connectivity index (χ3v) is 3.59. The van der Waals surface area contributed by atoms with Crippen LogP contribution in [0.5, 0.6) is 0 Å². The number of nitrogens with one attached hydrogen (secondary N) is 2. The highest BCUT2D eigenvalue weighted by Gasteiger charge is 2.31. The van der Waals surface area contributed by atoms with Gasteiger partial charge in [-0.1, -0.05) is 13.8 Å². The molecule has 18 heavy (non-hydrogen) atoms. The van der Waals surface area contributed by atoms with Gasteiger partial charge >= 0.3 is 0 Å². The van der Waals surface area contributed by atoms with E-state index in [0.717, 1.165) is 6.54 Å². The van der Waals surface area contributed by atoms with Gasteiger partial charge in [0.1, 0.15) is 5.69 Å². The number of hydrogen-bond acceptors (Lipinski definition) is 4. The van der Waals surface area contributed by atoms with Crippen LogP contribution in [0.2, 0.25) is 0 Å². The molecule has 0 aliphatic carbocycles. The van der Waals surface area contributed by atoms with E-state index in [-0.39, 0.29) is 11.3 Å². The van der Waals surface area contributed by atoms with Crippen molar-refractivity contribution in [3.8, 4) is 0 Å². The second kappa shape index (κ2) is 5.44. The summed E-state index contributed by atoms with van der Waals surface area (Å²) < 4.78 is 0. The van der Waals surface area contributed by atoms with Gasteiger partial charge in [0.05, 0.1) is 6.20 Å². The molecular weight excluding hydrogens is 228 g/mol. The number of carbonyl (C=O) groups excluding carboxylic acids is 1. The highest BCUT2D eigenvalue weighted by atomic mass is 16.1. The Morgan fingerprint density at radius 1 is 1.56 bits per heavy atom. The van der Waals surface area contributed by atoms with E-state index in [0.29, 0.717) is 18.3 Å². The molecule has 1 saturated heterocycles. The molecule has 5 heteroatoms. The van der Waals surface area contributed by atoms with Crippen molar-refractivity contribution in [3.05, 3.63) is 24.3 Å². The summed E-state index contributed by atoms with van der Waals surface area (Å²) in [5, 5.41) is 6.39. The third kappa shape index (κ3) is 3.04. The Bertz CT molecular complexity index is 405. The lowest BCUT2D eigenvalue weighted by Gasteiger charge is -2.39. The molecule has 2 rings (SSSR count). The molecule has 1 aromatic heterocycles. The number of piperidine rings is 1. The summed E-state index contributed by atoms with van der Waals surface area (Å²) in [5.74, 6) is -0.161. The fraction of sp³-hybridized carbons (Fsp3) is 0.615. The Morgan fingerprint density at radius 2 is 2.39 bits per heavy atom. The number of aromatic nitrogens is 2. The molecule has 1 atom stereocenters. The Hall–Kier alpha value is -1.49. The molecule has 1 aliphatic rings. The van der Waals surface area contributed by atoms with Crippen molar-refractivity contribution in [2.75, 3.05) is 13.1 Å². The molecule has 0 aromatic carbocycles. The van der Waals surface area contributed by atoms with Gasteiger partial charge in [-0.05, 0) is 24.8 Å². The fourth-order valence-electron chi connectivity index (χ4n) is 2.32. The maximum atomic E-state index is 11.9. The first-order valence-corrected chi connectivity index (χ1v) is 6.37. The van der Waals surface area contributed by atoms with Crippen LogP contribution < -0.4 is 10.6 Å². The highest BCUT2D eigenvalue weighted by molar-refractivity contribution is 5.91. The number of amides is 1. The van der Waals surface area contributed by atoms with E-state index in [1.807, 2.05) is 0 Å². The fourth-order valence-corrected chi connectivity index (χ4v) is 2.32. The Labute approximate surface area is 107 Å². The van der Waals surface area contributed by atoms with Crippen molar-refractivity contribution in [3.63, 3.8) is 0 Å². The molecule has 1 unspecified atom stereocenters. The molecule has 98 valence electrons. The van der Waals surface area contributed by atoms with Gasteiger partial charge in [-0.3, -0.25) is 9.78 Å². The summed E-state index contributed by atoms with van der Waals surface area (Å²) in [5.41, 5.74) is 0.583. The van der Waals surface area contributed by atoms with Gasteiger partial charge in [0.15, 0.2) is 0 Å². The van der Waals surface area contributed by atoms with E-state index in [1.54, 1.807) is 6.20 Å². The second-order valence-corrected chi connectivity index (χ2v) is 5.40. The summed E-state index contributed by atoms with van der Waals surface area (Å²) in [4.78, 5) is 19.7. The van der Waals surface area contributed by atoms with Crippen LogP contribution >= 0.6 is 0 Å². The van der Waals surface area contributed by atoms with E-state index in [9.17, 15) is 4.79 Å². The molecule has 0 bridgehead atoms. The third-order valence-electron chi connectivity index (χ3n) is 3.59. The number of carbonyl (C=O) groups is 1. The zero-order chi connectivity index (χ0) is 13.0. The van der Waals surface area contributed by atoms with Crippen LogP contribution in [0.15, 0.2) is 18.6 Å². The van der Waals surface area contributed by atoms with Gasteiger partial charge in [-0.15, -0.1) is 0 Å². The lowest BCUT2D eigenvalue weighted by Crippen LogP contribution is -2.52. The molecule has 0 radical (unpaired) electrons. The maximum absolute atomic E-state index is 11.9. The molecule has 0 spiro atoms. The summed E-state index contributed by atoms with van der Waals surface area (Å²) in [6.45, 7) is 6.12. The summed E-state index contributed by atoms with van der Waals surface area (Å²) in [7, 11) is 0. The number of hydrogen-bond donors (Lipinski definition) is 2. The summed E-state index contributed by atoms with van der Waals surface area (Å²) in [6.07, 6.45) is 6.95. The minimum Gasteiger partial charge on any atom is -0.349 e. The van der Waals surface area contributed by atoms with Crippen molar-refractivity contribution in [2.45, 2.75) is 32.7 Å². The lowest BCUT2D eigenvalue weighted by atomic mass is 9.77. The van der Waals surface area contributed by atoms with Gasteiger partial charge < -0.3 is 10.6 Å². The predicted molar refractivity (Wildman–Crippen MR) is 69.2 cm³/mol. The van der Waals surface area contributed by atoms with Crippen molar-refractivity contribution >= 4 is 5.91 Å². The minimum atomic E-state index is -0.161.